The number of pyridine rings is 1. The zero-order valence-electron chi connectivity index (χ0n) is 12.0. The molecule has 1 N–H and O–H groups in total. The van der Waals surface area contributed by atoms with Crippen molar-refractivity contribution in [2.24, 2.45) is 0 Å². The maximum absolute atomic E-state index is 11.8. The van der Waals surface area contributed by atoms with Crippen LogP contribution in [0.2, 0.25) is 0 Å². The van der Waals surface area contributed by atoms with Crippen molar-refractivity contribution >= 4 is 28.1 Å². The maximum Gasteiger partial charge on any atom is 0.257 e. The van der Waals surface area contributed by atoms with Crippen LogP contribution in [-0.4, -0.2) is 24.0 Å². The second-order valence-corrected chi connectivity index (χ2v) is 5.83. The van der Waals surface area contributed by atoms with E-state index in [0.29, 0.717) is 12.3 Å². The largest absolute Gasteiger partial charge is 0.481 e. The molecule has 3 aromatic rings. The average molecular weight is 312 g/mol. The minimum atomic E-state index is -0.121. The highest BCUT2D eigenvalue weighted by atomic mass is 32.1. The predicted octanol–water partition coefficient (Wildman–Crippen LogP) is 3.03. The normalized spacial score (nSPS) is 10.5. The summed E-state index contributed by atoms with van der Waals surface area (Å²) >= 11 is 1.70. The number of thiophene rings is 1. The third-order valence-electron chi connectivity index (χ3n) is 3.23. The van der Waals surface area contributed by atoms with Crippen LogP contribution in [0, 0.1) is 0 Å². The molecule has 0 aliphatic heterocycles. The van der Waals surface area contributed by atoms with Crippen LogP contribution in [0.3, 0.4) is 0 Å². The fraction of sp³-hybridized carbons (Fsp3) is 0.176. The van der Waals surface area contributed by atoms with E-state index in [1.807, 2.05) is 41.8 Å². The summed E-state index contributed by atoms with van der Waals surface area (Å²) in [5.41, 5.74) is 0.774. The summed E-state index contributed by atoms with van der Waals surface area (Å²) in [4.78, 5) is 17.4. The molecule has 22 heavy (non-hydrogen) atoms. The Morgan fingerprint density at radius 2 is 2.09 bits per heavy atom. The van der Waals surface area contributed by atoms with Gasteiger partial charge in [0.25, 0.3) is 5.91 Å². The summed E-state index contributed by atoms with van der Waals surface area (Å²) in [6.07, 6.45) is 2.57. The first-order chi connectivity index (χ1) is 10.8. The summed E-state index contributed by atoms with van der Waals surface area (Å²) in [5, 5.41) is 5.90. The highest BCUT2D eigenvalue weighted by Gasteiger charge is 2.06. The van der Waals surface area contributed by atoms with E-state index in [0.717, 1.165) is 17.3 Å². The van der Waals surface area contributed by atoms with Crippen molar-refractivity contribution in [2.75, 3.05) is 13.2 Å². The molecule has 0 atom stereocenters. The van der Waals surface area contributed by atoms with Crippen LogP contribution in [-0.2, 0) is 11.2 Å². The van der Waals surface area contributed by atoms with Crippen LogP contribution in [0.25, 0.3) is 10.9 Å². The van der Waals surface area contributed by atoms with E-state index in [1.54, 1.807) is 17.5 Å². The molecule has 4 nitrogen and oxygen atoms in total. The number of hydrogen-bond donors (Lipinski definition) is 1. The summed E-state index contributed by atoms with van der Waals surface area (Å²) in [6, 6.07) is 13.6. The number of benzene rings is 1. The van der Waals surface area contributed by atoms with Crippen molar-refractivity contribution < 1.29 is 9.53 Å². The number of hydrogen-bond acceptors (Lipinski definition) is 4. The quantitative estimate of drug-likeness (QED) is 0.761. The summed E-state index contributed by atoms with van der Waals surface area (Å²) < 4.78 is 5.60. The number of nitrogens with zero attached hydrogens (tertiary/aromatic N) is 1. The molecule has 3 rings (SSSR count). The third kappa shape index (κ3) is 3.62. The van der Waals surface area contributed by atoms with E-state index in [2.05, 4.69) is 16.4 Å². The van der Waals surface area contributed by atoms with Gasteiger partial charge in [-0.05, 0) is 30.0 Å². The Kier molecular flexibility index (Phi) is 4.65. The van der Waals surface area contributed by atoms with E-state index >= 15 is 0 Å². The Bertz CT molecular complexity index is 751. The molecule has 0 spiro atoms. The van der Waals surface area contributed by atoms with Crippen LogP contribution in [0.1, 0.15) is 4.88 Å². The number of amides is 1. The molecule has 0 aliphatic rings. The lowest BCUT2D eigenvalue weighted by Crippen LogP contribution is -2.30. The summed E-state index contributed by atoms with van der Waals surface area (Å²) in [6.45, 7) is 0.622. The highest BCUT2D eigenvalue weighted by Crippen LogP contribution is 2.22. The van der Waals surface area contributed by atoms with E-state index < -0.39 is 0 Å². The van der Waals surface area contributed by atoms with Gasteiger partial charge >= 0.3 is 0 Å². The Hall–Kier alpha value is -2.40. The first-order valence-electron chi connectivity index (χ1n) is 7.08. The zero-order valence-corrected chi connectivity index (χ0v) is 12.8. The average Bonchev–Trinajstić information content (AvgIpc) is 3.06. The lowest BCUT2D eigenvalue weighted by molar-refractivity contribution is -0.123. The molecule has 0 fully saturated rings. The minimum absolute atomic E-state index is 0.000127. The van der Waals surface area contributed by atoms with Gasteiger partial charge in [0.15, 0.2) is 6.61 Å². The topological polar surface area (TPSA) is 51.2 Å². The van der Waals surface area contributed by atoms with Crippen molar-refractivity contribution in [3.63, 3.8) is 0 Å². The molecule has 0 saturated carbocycles. The monoisotopic (exact) mass is 312 g/mol. The van der Waals surface area contributed by atoms with E-state index in [-0.39, 0.29) is 12.5 Å². The number of para-hydroxylation sites is 1. The summed E-state index contributed by atoms with van der Waals surface area (Å²) in [5.74, 6) is 0.510. The molecule has 0 aliphatic carbocycles. The fourth-order valence-corrected chi connectivity index (χ4v) is 2.88. The van der Waals surface area contributed by atoms with Crippen LogP contribution >= 0.6 is 11.3 Å². The lowest BCUT2D eigenvalue weighted by Gasteiger charge is -2.09. The Labute approximate surface area is 132 Å². The second kappa shape index (κ2) is 7.04. The van der Waals surface area contributed by atoms with Gasteiger partial charge in [-0.15, -0.1) is 11.3 Å². The van der Waals surface area contributed by atoms with Gasteiger partial charge in [-0.1, -0.05) is 24.3 Å². The van der Waals surface area contributed by atoms with Crippen LogP contribution in [0.15, 0.2) is 54.0 Å². The smallest absolute Gasteiger partial charge is 0.257 e. The molecular weight excluding hydrogens is 296 g/mol. The molecular formula is C17H16N2O2S. The highest BCUT2D eigenvalue weighted by molar-refractivity contribution is 7.09. The van der Waals surface area contributed by atoms with Gasteiger partial charge in [0, 0.05) is 23.0 Å². The number of carbonyl (C=O) groups excluding carboxylic acids is 1. The summed E-state index contributed by atoms with van der Waals surface area (Å²) in [7, 11) is 0. The van der Waals surface area contributed by atoms with Crippen molar-refractivity contribution in [2.45, 2.75) is 6.42 Å². The number of aromatic nitrogens is 1. The van der Waals surface area contributed by atoms with Gasteiger partial charge in [0.1, 0.15) is 11.3 Å². The van der Waals surface area contributed by atoms with Gasteiger partial charge in [-0.25, -0.2) is 0 Å². The Balaban J connectivity index is 1.52. The molecule has 2 aromatic heterocycles. The lowest BCUT2D eigenvalue weighted by atomic mass is 10.2. The molecule has 0 bridgehead atoms. The van der Waals surface area contributed by atoms with Crippen LogP contribution in [0.4, 0.5) is 0 Å². The van der Waals surface area contributed by atoms with Gasteiger partial charge in [0.2, 0.25) is 0 Å². The van der Waals surface area contributed by atoms with Gasteiger partial charge in [-0.2, -0.15) is 0 Å². The number of fused-ring (bicyclic) bond motifs is 1. The molecule has 1 aromatic carbocycles. The number of rotatable bonds is 6. The van der Waals surface area contributed by atoms with Crippen molar-refractivity contribution in [1.82, 2.24) is 10.3 Å². The molecule has 2 heterocycles. The first kappa shape index (κ1) is 14.5. The molecule has 1 amide bonds. The molecule has 0 unspecified atom stereocenters. The Morgan fingerprint density at radius 1 is 1.18 bits per heavy atom. The zero-order chi connectivity index (χ0) is 15.2. The maximum atomic E-state index is 11.8. The molecule has 0 saturated heterocycles. The predicted molar refractivity (Wildman–Crippen MR) is 88.3 cm³/mol. The molecule has 5 heteroatoms. The molecule has 0 radical (unpaired) electrons. The second-order valence-electron chi connectivity index (χ2n) is 4.80. The van der Waals surface area contributed by atoms with Gasteiger partial charge < -0.3 is 10.1 Å². The first-order valence-corrected chi connectivity index (χ1v) is 7.96. The van der Waals surface area contributed by atoms with Crippen molar-refractivity contribution in [1.29, 1.82) is 0 Å². The molecule has 112 valence electrons. The van der Waals surface area contributed by atoms with Crippen molar-refractivity contribution in [3.8, 4) is 5.75 Å². The number of carbonyl (C=O) groups is 1. The number of nitrogens with one attached hydrogen (secondary N) is 1. The Morgan fingerprint density at radius 3 is 2.95 bits per heavy atom. The van der Waals surface area contributed by atoms with E-state index in [1.165, 1.54) is 4.88 Å². The standard InChI is InChI=1S/C17H16N2O2S/c20-16(18-10-8-14-6-3-11-22-14)12-21-15-7-1-4-13-5-2-9-19-17(13)15/h1-7,9,11H,8,10,12H2,(H,18,20). The van der Waals surface area contributed by atoms with Crippen LogP contribution in [0.5, 0.6) is 5.75 Å². The fourth-order valence-electron chi connectivity index (χ4n) is 2.17. The number of ether oxygens (including phenoxy) is 1. The van der Waals surface area contributed by atoms with E-state index in [9.17, 15) is 4.79 Å². The third-order valence-corrected chi connectivity index (χ3v) is 4.16. The van der Waals surface area contributed by atoms with Gasteiger partial charge in [-0.3, -0.25) is 9.78 Å². The SMILES string of the molecule is O=C(COc1cccc2cccnc12)NCCc1cccs1. The van der Waals surface area contributed by atoms with Crippen molar-refractivity contribution in [3.05, 3.63) is 58.9 Å². The van der Waals surface area contributed by atoms with E-state index in [4.69, 9.17) is 4.74 Å². The van der Waals surface area contributed by atoms with Crippen LogP contribution < -0.4 is 10.1 Å². The minimum Gasteiger partial charge on any atom is -0.481 e. The van der Waals surface area contributed by atoms with Gasteiger partial charge in [0.05, 0.1) is 0 Å².